The van der Waals surface area contributed by atoms with E-state index >= 15 is 0 Å². The van der Waals surface area contributed by atoms with Crippen molar-refractivity contribution in [1.29, 1.82) is 0 Å². The van der Waals surface area contributed by atoms with E-state index in [0.717, 1.165) is 0 Å². The van der Waals surface area contributed by atoms with Gasteiger partial charge in [-0.3, -0.25) is 0 Å². The van der Waals surface area contributed by atoms with Crippen LogP contribution in [-0.2, 0) is 0 Å². The number of halogens is 1. The first-order valence-corrected chi connectivity index (χ1v) is 6.72. The molecule has 0 aromatic heterocycles. The highest BCUT2D eigenvalue weighted by molar-refractivity contribution is 6.30. The van der Waals surface area contributed by atoms with Crippen LogP contribution in [0.5, 0.6) is 17.2 Å². The summed E-state index contributed by atoms with van der Waals surface area (Å²) in [4.78, 5) is 0. The van der Waals surface area contributed by atoms with Crippen molar-refractivity contribution in [2.24, 2.45) is 0 Å². The number of hydrogen-bond donors (Lipinski definition) is 1. The number of rotatable bonds is 5. The molecule has 0 bridgehead atoms. The summed E-state index contributed by atoms with van der Waals surface area (Å²) in [5.74, 6) is 1.70. The molecule has 1 unspecified atom stereocenters. The van der Waals surface area contributed by atoms with Crippen LogP contribution in [0.1, 0.15) is 17.2 Å². The molecule has 0 aliphatic rings. The zero-order valence-electron chi connectivity index (χ0n) is 12.1. The fourth-order valence-corrected chi connectivity index (χ4v) is 2.28. The Hall–Kier alpha value is -1.91. The van der Waals surface area contributed by atoms with Gasteiger partial charge in [0.1, 0.15) is 11.9 Å². The van der Waals surface area contributed by atoms with Crippen LogP contribution < -0.4 is 14.2 Å². The molecule has 0 saturated carbocycles. The van der Waals surface area contributed by atoms with E-state index in [9.17, 15) is 5.11 Å². The third kappa shape index (κ3) is 3.23. The molecule has 1 N–H and O–H groups in total. The second-order valence-electron chi connectivity index (χ2n) is 4.40. The van der Waals surface area contributed by atoms with E-state index in [2.05, 4.69) is 0 Å². The summed E-state index contributed by atoms with van der Waals surface area (Å²) in [7, 11) is 4.66. The van der Waals surface area contributed by atoms with Crippen molar-refractivity contribution >= 4 is 11.6 Å². The number of ether oxygens (including phenoxy) is 3. The predicted molar refractivity (Wildman–Crippen MR) is 81.6 cm³/mol. The lowest BCUT2D eigenvalue weighted by atomic mass is 10.00. The normalized spacial score (nSPS) is 11.9. The monoisotopic (exact) mass is 308 g/mol. The summed E-state index contributed by atoms with van der Waals surface area (Å²) in [6, 6.07) is 10.4. The molecule has 2 rings (SSSR count). The Bertz CT molecular complexity index is 628. The van der Waals surface area contributed by atoms with Gasteiger partial charge < -0.3 is 19.3 Å². The van der Waals surface area contributed by atoms with Crippen molar-refractivity contribution in [3.63, 3.8) is 0 Å². The van der Waals surface area contributed by atoms with E-state index < -0.39 is 6.10 Å². The van der Waals surface area contributed by atoms with Gasteiger partial charge in [-0.15, -0.1) is 0 Å². The van der Waals surface area contributed by atoms with Crippen LogP contribution >= 0.6 is 11.6 Å². The molecule has 112 valence electrons. The highest BCUT2D eigenvalue weighted by Crippen LogP contribution is 2.36. The minimum absolute atomic E-state index is 0.532. The molecule has 0 fully saturated rings. The standard InChI is InChI=1S/C16H17ClO4/c1-19-13-7-4-10(8-15(13)21-3)16(18)12-6-5-11(17)9-14(12)20-2/h4-9,16,18H,1-3H3. The zero-order chi connectivity index (χ0) is 15.4. The Labute approximate surface area is 128 Å². The van der Waals surface area contributed by atoms with Crippen LogP contribution in [0.4, 0.5) is 0 Å². The second kappa shape index (κ2) is 6.70. The molecular weight excluding hydrogens is 292 g/mol. The highest BCUT2D eigenvalue weighted by Gasteiger charge is 2.17. The van der Waals surface area contributed by atoms with Crippen LogP contribution in [0, 0.1) is 0 Å². The van der Waals surface area contributed by atoms with Crippen molar-refractivity contribution in [3.8, 4) is 17.2 Å². The van der Waals surface area contributed by atoms with Crippen LogP contribution in [0.25, 0.3) is 0 Å². The Balaban J connectivity index is 2.42. The summed E-state index contributed by atoms with van der Waals surface area (Å²) in [5, 5.41) is 11.1. The average Bonchev–Trinajstić information content (AvgIpc) is 2.53. The van der Waals surface area contributed by atoms with Crippen LogP contribution in [0.3, 0.4) is 0 Å². The first-order valence-electron chi connectivity index (χ1n) is 6.34. The van der Waals surface area contributed by atoms with Gasteiger partial charge in [0.05, 0.1) is 21.3 Å². The van der Waals surface area contributed by atoms with Gasteiger partial charge >= 0.3 is 0 Å². The van der Waals surface area contributed by atoms with Gasteiger partial charge in [-0.2, -0.15) is 0 Å². The van der Waals surface area contributed by atoms with Crippen molar-refractivity contribution in [1.82, 2.24) is 0 Å². The molecule has 2 aromatic rings. The van der Waals surface area contributed by atoms with Gasteiger partial charge in [0.15, 0.2) is 11.5 Å². The topological polar surface area (TPSA) is 47.9 Å². The van der Waals surface area contributed by atoms with E-state index in [1.165, 1.54) is 7.11 Å². The Kier molecular flexibility index (Phi) is 4.94. The summed E-state index contributed by atoms with van der Waals surface area (Å²) < 4.78 is 15.7. The van der Waals surface area contributed by atoms with Crippen molar-refractivity contribution in [2.45, 2.75) is 6.10 Å². The minimum atomic E-state index is -0.850. The number of hydrogen-bond acceptors (Lipinski definition) is 4. The first-order chi connectivity index (χ1) is 10.1. The predicted octanol–water partition coefficient (Wildman–Crippen LogP) is 3.45. The van der Waals surface area contributed by atoms with Gasteiger partial charge in [-0.25, -0.2) is 0 Å². The van der Waals surface area contributed by atoms with Crippen molar-refractivity contribution in [3.05, 3.63) is 52.5 Å². The third-order valence-electron chi connectivity index (χ3n) is 3.21. The van der Waals surface area contributed by atoms with E-state index in [1.54, 1.807) is 50.6 Å². The Morgan fingerprint density at radius 1 is 0.857 bits per heavy atom. The quantitative estimate of drug-likeness (QED) is 0.919. The number of aliphatic hydroxyl groups excluding tert-OH is 1. The lowest BCUT2D eigenvalue weighted by Gasteiger charge is -2.17. The maximum atomic E-state index is 10.6. The molecule has 0 aliphatic carbocycles. The molecule has 0 aliphatic heterocycles. The lowest BCUT2D eigenvalue weighted by molar-refractivity contribution is 0.214. The second-order valence-corrected chi connectivity index (χ2v) is 4.84. The van der Waals surface area contributed by atoms with E-state index in [0.29, 0.717) is 33.4 Å². The Morgan fingerprint density at radius 2 is 1.52 bits per heavy atom. The van der Waals surface area contributed by atoms with Crippen LogP contribution in [0.2, 0.25) is 5.02 Å². The largest absolute Gasteiger partial charge is 0.496 e. The third-order valence-corrected chi connectivity index (χ3v) is 3.45. The molecule has 4 nitrogen and oxygen atoms in total. The molecule has 0 heterocycles. The maximum Gasteiger partial charge on any atom is 0.161 e. The fourth-order valence-electron chi connectivity index (χ4n) is 2.11. The molecule has 0 radical (unpaired) electrons. The van der Waals surface area contributed by atoms with Crippen molar-refractivity contribution in [2.75, 3.05) is 21.3 Å². The van der Waals surface area contributed by atoms with Gasteiger partial charge in [-0.05, 0) is 29.8 Å². The molecule has 1 atom stereocenters. The summed E-state index contributed by atoms with van der Waals surface area (Å²) >= 11 is 5.94. The van der Waals surface area contributed by atoms with Crippen LogP contribution in [-0.4, -0.2) is 26.4 Å². The molecule has 2 aromatic carbocycles. The highest BCUT2D eigenvalue weighted by atomic mass is 35.5. The smallest absolute Gasteiger partial charge is 0.161 e. The summed E-state index contributed by atoms with van der Waals surface area (Å²) in [6.45, 7) is 0. The summed E-state index contributed by atoms with van der Waals surface area (Å²) in [6.07, 6.45) is -0.850. The molecule has 21 heavy (non-hydrogen) atoms. The maximum absolute atomic E-state index is 10.6. The average molecular weight is 309 g/mol. The van der Waals surface area contributed by atoms with E-state index in [-0.39, 0.29) is 0 Å². The van der Waals surface area contributed by atoms with E-state index in [1.807, 2.05) is 0 Å². The van der Waals surface area contributed by atoms with Gasteiger partial charge in [0, 0.05) is 10.6 Å². The number of benzene rings is 2. The van der Waals surface area contributed by atoms with E-state index in [4.69, 9.17) is 25.8 Å². The SMILES string of the molecule is COc1ccc(C(O)c2ccc(Cl)cc2OC)cc1OC. The van der Waals surface area contributed by atoms with Gasteiger partial charge in [-0.1, -0.05) is 23.7 Å². The van der Waals surface area contributed by atoms with Gasteiger partial charge in [0.2, 0.25) is 0 Å². The summed E-state index contributed by atoms with van der Waals surface area (Å²) in [5.41, 5.74) is 1.31. The molecule has 0 spiro atoms. The Morgan fingerprint density at radius 3 is 2.14 bits per heavy atom. The number of methoxy groups -OCH3 is 3. The van der Waals surface area contributed by atoms with Crippen LogP contribution in [0.15, 0.2) is 36.4 Å². The lowest BCUT2D eigenvalue weighted by Crippen LogP contribution is -2.03. The molecule has 0 saturated heterocycles. The molecular formula is C16H17ClO4. The molecule has 0 amide bonds. The fraction of sp³-hybridized carbons (Fsp3) is 0.250. The van der Waals surface area contributed by atoms with Crippen molar-refractivity contribution < 1.29 is 19.3 Å². The zero-order valence-corrected chi connectivity index (χ0v) is 12.8. The first kappa shape index (κ1) is 15.5. The molecule has 5 heteroatoms. The number of aliphatic hydroxyl groups is 1. The van der Waals surface area contributed by atoms with Gasteiger partial charge in [0.25, 0.3) is 0 Å². The minimum Gasteiger partial charge on any atom is -0.496 e.